The number of halogens is 2. The van der Waals surface area contributed by atoms with E-state index in [4.69, 9.17) is 28.2 Å². The Hall–Kier alpha value is -1.91. The Kier molecular flexibility index (Phi) is 4.48. The van der Waals surface area contributed by atoms with Gasteiger partial charge in [-0.15, -0.1) is 0 Å². The van der Waals surface area contributed by atoms with Crippen molar-refractivity contribution < 1.29 is 0 Å². The van der Waals surface area contributed by atoms with Crippen molar-refractivity contribution in [1.82, 2.24) is 14.9 Å². The van der Waals surface area contributed by atoms with E-state index in [0.717, 1.165) is 53.7 Å². The van der Waals surface area contributed by atoms with Gasteiger partial charge in [0.1, 0.15) is 5.82 Å². The third-order valence-corrected chi connectivity index (χ3v) is 5.09. The molecule has 0 bridgehead atoms. The van der Waals surface area contributed by atoms with E-state index in [0.29, 0.717) is 5.92 Å². The molecule has 4 nitrogen and oxygen atoms in total. The van der Waals surface area contributed by atoms with Crippen LogP contribution >= 0.6 is 23.2 Å². The Morgan fingerprint density at radius 3 is 3.00 bits per heavy atom. The maximum Gasteiger partial charge on any atom is 0.222 e. The number of nitrogens with zero attached hydrogens (tertiary/aromatic N) is 4. The zero-order valence-corrected chi connectivity index (χ0v) is 15.4. The van der Waals surface area contributed by atoms with Crippen molar-refractivity contribution in [2.24, 2.45) is 10.9 Å². The number of aliphatic imine (C=N–C) groups is 1. The van der Waals surface area contributed by atoms with Gasteiger partial charge in [0.2, 0.25) is 5.28 Å². The van der Waals surface area contributed by atoms with E-state index < -0.39 is 0 Å². The van der Waals surface area contributed by atoms with Crippen LogP contribution in [0.15, 0.2) is 47.4 Å². The fourth-order valence-electron chi connectivity index (χ4n) is 3.43. The Bertz CT molecular complexity index is 875. The fourth-order valence-corrected chi connectivity index (χ4v) is 3.77. The number of aryl methyl sites for hydroxylation is 1. The van der Waals surface area contributed by atoms with E-state index in [1.165, 1.54) is 5.56 Å². The highest BCUT2D eigenvalue weighted by Gasteiger charge is 2.28. The molecular weight excluding hydrogens is 355 g/mol. The standard InChI is InChI=1S/C19H18Cl2N4/c1-12-10-22-19(21)24-18(12)16-11-25-6-5-14(9-17(25)23-16)7-13-3-2-4-15(20)8-13/h2-4,8-10,14H,5-7,11H2,1H3. The second kappa shape index (κ2) is 6.77. The van der Waals surface area contributed by atoms with E-state index >= 15 is 0 Å². The number of hydrogen-bond donors (Lipinski definition) is 0. The monoisotopic (exact) mass is 372 g/mol. The van der Waals surface area contributed by atoms with Crippen LogP contribution in [-0.2, 0) is 6.42 Å². The van der Waals surface area contributed by atoms with Crippen molar-refractivity contribution in [3.8, 4) is 0 Å². The van der Waals surface area contributed by atoms with Gasteiger partial charge in [0, 0.05) is 17.8 Å². The summed E-state index contributed by atoms with van der Waals surface area (Å²) in [4.78, 5) is 15.5. The zero-order valence-electron chi connectivity index (χ0n) is 13.9. The molecule has 0 spiro atoms. The number of fused-ring (bicyclic) bond motifs is 1. The van der Waals surface area contributed by atoms with Gasteiger partial charge in [-0.2, -0.15) is 0 Å². The highest BCUT2D eigenvalue weighted by Crippen LogP contribution is 2.29. The zero-order chi connectivity index (χ0) is 17.4. The Balaban J connectivity index is 1.57. The van der Waals surface area contributed by atoms with Gasteiger partial charge in [-0.05, 0) is 66.6 Å². The van der Waals surface area contributed by atoms with Crippen LogP contribution in [-0.4, -0.2) is 33.7 Å². The largest absolute Gasteiger partial charge is 0.351 e. The van der Waals surface area contributed by atoms with Crippen LogP contribution in [0.3, 0.4) is 0 Å². The number of hydrogen-bond acceptors (Lipinski definition) is 4. The molecule has 6 heteroatoms. The minimum Gasteiger partial charge on any atom is -0.351 e. The first-order valence-corrected chi connectivity index (χ1v) is 9.12. The van der Waals surface area contributed by atoms with E-state index in [2.05, 4.69) is 27.0 Å². The van der Waals surface area contributed by atoms with Crippen LogP contribution in [0, 0.1) is 12.8 Å². The number of aromatic nitrogens is 2. The van der Waals surface area contributed by atoms with Gasteiger partial charge < -0.3 is 4.90 Å². The molecule has 2 aliphatic rings. The third-order valence-electron chi connectivity index (χ3n) is 4.67. The lowest BCUT2D eigenvalue weighted by Crippen LogP contribution is -2.29. The Labute approximate surface area is 157 Å². The van der Waals surface area contributed by atoms with Crippen molar-refractivity contribution >= 4 is 28.9 Å². The van der Waals surface area contributed by atoms with E-state index in [9.17, 15) is 0 Å². The van der Waals surface area contributed by atoms with Crippen molar-refractivity contribution in [1.29, 1.82) is 0 Å². The molecular formula is C19H18Cl2N4. The summed E-state index contributed by atoms with van der Waals surface area (Å²) in [5.41, 5.74) is 4.08. The maximum absolute atomic E-state index is 6.10. The molecule has 3 heterocycles. The molecule has 2 aromatic rings. The Morgan fingerprint density at radius 2 is 2.16 bits per heavy atom. The summed E-state index contributed by atoms with van der Waals surface area (Å²) in [5.74, 6) is 1.52. The molecule has 1 aromatic heterocycles. The molecule has 0 fully saturated rings. The van der Waals surface area contributed by atoms with Crippen LogP contribution in [0.25, 0.3) is 0 Å². The Morgan fingerprint density at radius 1 is 1.28 bits per heavy atom. The highest BCUT2D eigenvalue weighted by molar-refractivity contribution is 6.30. The molecule has 0 aliphatic carbocycles. The minimum atomic E-state index is 0.265. The molecule has 1 aromatic carbocycles. The average molecular weight is 373 g/mol. The summed E-state index contributed by atoms with van der Waals surface area (Å²) in [7, 11) is 0. The quantitative estimate of drug-likeness (QED) is 0.754. The van der Waals surface area contributed by atoms with Gasteiger partial charge in [-0.3, -0.25) is 0 Å². The van der Waals surface area contributed by atoms with Crippen molar-refractivity contribution in [2.45, 2.75) is 19.8 Å². The smallest absolute Gasteiger partial charge is 0.222 e. The number of allylic oxidation sites excluding steroid dienone is 1. The summed E-state index contributed by atoms with van der Waals surface area (Å²) in [6, 6.07) is 8.09. The third kappa shape index (κ3) is 3.55. The SMILES string of the molecule is Cc1cnc(Cl)nc1C1=NC2=CC(Cc3cccc(Cl)c3)CCN2C1. The summed E-state index contributed by atoms with van der Waals surface area (Å²) in [6.45, 7) is 3.77. The van der Waals surface area contributed by atoms with E-state index in [-0.39, 0.29) is 5.28 Å². The summed E-state index contributed by atoms with van der Waals surface area (Å²) in [5, 5.41) is 1.06. The van der Waals surface area contributed by atoms with Crippen LogP contribution in [0.5, 0.6) is 0 Å². The normalized spacial score (nSPS) is 19.5. The topological polar surface area (TPSA) is 41.4 Å². The van der Waals surface area contributed by atoms with E-state index in [1.54, 1.807) is 6.20 Å². The lowest BCUT2D eigenvalue weighted by atomic mass is 9.93. The second-order valence-corrected chi connectivity index (χ2v) is 7.33. The predicted octanol–water partition coefficient (Wildman–Crippen LogP) is 4.30. The molecule has 2 aliphatic heterocycles. The van der Waals surface area contributed by atoms with Gasteiger partial charge in [0.25, 0.3) is 0 Å². The molecule has 0 saturated heterocycles. The van der Waals surface area contributed by atoms with Gasteiger partial charge in [-0.1, -0.05) is 23.7 Å². The first-order valence-electron chi connectivity index (χ1n) is 8.37. The molecule has 0 amide bonds. The van der Waals surface area contributed by atoms with E-state index in [1.807, 2.05) is 25.1 Å². The van der Waals surface area contributed by atoms with Crippen molar-refractivity contribution in [2.75, 3.05) is 13.1 Å². The lowest BCUT2D eigenvalue weighted by molar-refractivity contribution is 0.337. The molecule has 128 valence electrons. The molecule has 1 atom stereocenters. The summed E-state index contributed by atoms with van der Waals surface area (Å²) in [6.07, 6.45) is 6.12. The van der Waals surface area contributed by atoms with Crippen LogP contribution in [0.4, 0.5) is 0 Å². The predicted molar refractivity (Wildman–Crippen MR) is 101 cm³/mol. The second-order valence-electron chi connectivity index (χ2n) is 6.56. The van der Waals surface area contributed by atoms with Gasteiger partial charge in [-0.25, -0.2) is 15.0 Å². The van der Waals surface area contributed by atoms with Gasteiger partial charge >= 0.3 is 0 Å². The first-order chi connectivity index (χ1) is 12.1. The van der Waals surface area contributed by atoms with Gasteiger partial charge in [0.05, 0.1) is 18.0 Å². The van der Waals surface area contributed by atoms with Crippen LogP contribution < -0.4 is 0 Å². The molecule has 0 radical (unpaired) electrons. The number of rotatable bonds is 3. The van der Waals surface area contributed by atoms with Crippen molar-refractivity contribution in [3.05, 3.63) is 69.5 Å². The molecule has 0 saturated carbocycles. The fraction of sp³-hybridized carbons (Fsp3) is 0.316. The molecule has 0 N–H and O–H groups in total. The molecule has 4 rings (SSSR count). The lowest BCUT2D eigenvalue weighted by Gasteiger charge is -2.27. The average Bonchev–Trinajstić information content (AvgIpc) is 3.00. The van der Waals surface area contributed by atoms with Gasteiger partial charge in [0.15, 0.2) is 0 Å². The molecule has 1 unspecified atom stereocenters. The summed E-state index contributed by atoms with van der Waals surface area (Å²) >= 11 is 12.1. The van der Waals surface area contributed by atoms with Crippen LogP contribution in [0.2, 0.25) is 10.3 Å². The maximum atomic E-state index is 6.10. The number of benzene rings is 1. The first kappa shape index (κ1) is 16.6. The summed E-state index contributed by atoms with van der Waals surface area (Å²) < 4.78 is 0. The highest BCUT2D eigenvalue weighted by atomic mass is 35.5. The minimum absolute atomic E-state index is 0.265. The van der Waals surface area contributed by atoms with Crippen LogP contribution in [0.1, 0.15) is 23.2 Å². The molecule has 25 heavy (non-hydrogen) atoms. The van der Waals surface area contributed by atoms with Crippen molar-refractivity contribution in [3.63, 3.8) is 0 Å².